The average molecular weight is 243 g/mol. The molecule has 0 radical (unpaired) electrons. The first kappa shape index (κ1) is 10.0. The first-order chi connectivity index (χ1) is 6.15. The number of nitrogens with zero attached hydrogens (tertiary/aromatic N) is 1. The van der Waals surface area contributed by atoms with Gasteiger partial charge in [-0.2, -0.15) is 5.26 Å². The van der Waals surface area contributed by atoms with E-state index in [1.54, 1.807) is 19.1 Å². The molecule has 68 valence electrons. The van der Waals surface area contributed by atoms with E-state index in [1.165, 1.54) is 6.07 Å². The summed E-state index contributed by atoms with van der Waals surface area (Å²) in [6, 6.07) is 6.22. The van der Waals surface area contributed by atoms with Crippen molar-refractivity contribution in [2.24, 2.45) is 0 Å². The molecule has 13 heavy (non-hydrogen) atoms. The summed E-state index contributed by atoms with van der Waals surface area (Å²) in [5.41, 5.74) is 0.330. The highest BCUT2D eigenvalue weighted by molar-refractivity contribution is 9.10. The van der Waals surface area contributed by atoms with E-state index in [-0.39, 0.29) is 5.82 Å². The van der Waals surface area contributed by atoms with Crippen LogP contribution in [0.5, 0.6) is 0 Å². The Balaban J connectivity index is 2.95. The van der Waals surface area contributed by atoms with Crippen LogP contribution >= 0.6 is 15.9 Å². The molecule has 4 heteroatoms. The lowest BCUT2D eigenvalue weighted by Gasteiger charge is -2.10. The fourth-order valence-corrected chi connectivity index (χ4v) is 1.34. The SMILES string of the molecule is CC(C#N)Nc1c(F)cccc1Br. The summed E-state index contributed by atoms with van der Waals surface area (Å²) in [5.74, 6) is -0.364. The molecule has 0 saturated heterocycles. The topological polar surface area (TPSA) is 35.8 Å². The number of hydrogen-bond donors (Lipinski definition) is 1. The predicted molar refractivity (Wildman–Crippen MR) is 52.8 cm³/mol. The highest BCUT2D eigenvalue weighted by atomic mass is 79.9. The third kappa shape index (κ3) is 2.43. The predicted octanol–water partition coefficient (Wildman–Crippen LogP) is 2.91. The van der Waals surface area contributed by atoms with Crippen molar-refractivity contribution in [1.29, 1.82) is 5.26 Å². The van der Waals surface area contributed by atoms with Gasteiger partial charge in [0.2, 0.25) is 0 Å². The second kappa shape index (κ2) is 4.24. The van der Waals surface area contributed by atoms with Crippen LogP contribution in [0.25, 0.3) is 0 Å². The molecular formula is C9H8BrFN2. The van der Waals surface area contributed by atoms with Crippen molar-refractivity contribution >= 4 is 21.6 Å². The fraction of sp³-hybridized carbons (Fsp3) is 0.222. The van der Waals surface area contributed by atoms with Crippen LogP contribution in [0.1, 0.15) is 6.92 Å². The Kier molecular flexibility index (Phi) is 3.26. The van der Waals surface area contributed by atoms with Gasteiger partial charge < -0.3 is 5.32 Å². The maximum atomic E-state index is 13.1. The van der Waals surface area contributed by atoms with Gasteiger partial charge in [-0.1, -0.05) is 6.07 Å². The van der Waals surface area contributed by atoms with Gasteiger partial charge in [-0.3, -0.25) is 0 Å². The van der Waals surface area contributed by atoms with Crippen LogP contribution in [0.2, 0.25) is 0 Å². The third-order valence-corrected chi connectivity index (χ3v) is 2.18. The highest BCUT2D eigenvalue weighted by Gasteiger charge is 2.08. The summed E-state index contributed by atoms with van der Waals surface area (Å²) in [7, 11) is 0. The van der Waals surface area contributed by atoms with E-state index in [1.807, 2.05) is 6.07 Å². The van der Waals surface area contributed by atoms with Gasteiger partial charge in [0.05, 0.1) is 11.8 Å². The zero-order valence-electron chi connectivity index (χ0n) is 7.01. The van der Waals surface area contributed by atoms with E-state index in [0.717, 1.165) is 0 Å². The van der Waals surface area contributed by atoms with Crippen molar-refractivity contribution in [1.82, 2.24) is 0 Å². The summed E-state index contributed by atoms with van der Waals surface area (Å²) in [6.07, 6.45) is 0. The van der Waals surface area contributed by atoms with Gasteiger partial charge in [0.15, 0.2) is 0 Å². The molecule has 0 spiro atoms. The number of halogens is 2. The van der Waals surface area contributed by atoms with Gasteiger partial charge in [-0.15, -0.1) is 0 Å². The van der Waals surface area contributed by atoms with Crippen molar-refractivity contribution < 1.29 is 4.39 Å². The summed E-state index contributed by atoms with van der Waals surface area (Å²) in [5, 5.41) is 11.3. The first-order valence-electron chi connectivity index (χ1n) is 3.75. The highest BCUT2D eigenvalue weighted by Crippen LogP contribution is 2.25. The lowest BCUT2D eigenvalue weighted by Crippen LogP contribution is -2.13. The summed E-state index contributed by atoms with van der Waals surface area (Å²) >= 11 is 3.19. The van der Waals surface area contributed by atoms with Gasteiger partial charge in [0.1, 0.15) is 11.9 Å². The van der Waals surface area contributed by atoms with Crippen LogP contribution < -0.4 is 5.32 Å². The van der Waals surface area contributed by atoms with Crippen molar-refractivity contribution in [2.45, 2.75) is 13.0 Å². The second-order valence-electron chi connectivity index (χ2n) is 2.59. The van der Waals surface area contributed by atoms with E-state index in [2.05, 4.69) is 21.2 Å². The maximum absolute atomic E-state index is 13.1. The minimum Gasteiger partial charge on any atom is -0.367 e. The average Bonchev–Trinajstić information content (AvgIpc) is 2.11. The summed E-state index contributed by atoms with van der Waals surface area (Å²) in [6.45, 7) is 1.67. The molecule has 2 nitrogen and oxygen atoms in total. The molecule has 0 saturated carbocycles. The van der Waals surface area contributed by atoms with Crippen LogP contribution in [0.3, 0.4) is 0 Å². The minimum atomic E-state index is -0.409. The lowest BCUT2D eigenvalue weighted by molar-refractivity contribution is 0.628. The fourth-order valence-electron chi connectivity index (χ4n) is 0.884. The van der Waals surface area contributed by atoms with Gasteiger partial charge in [0, 0.05) is 4.47 Å². The Morgan fingerprint density at radius 3 is 2.85 bits per heavy atom. The van der Waals surface area contributed by atoms with Gasteiger partial charge in [-0.05, 0) is 35.0 Å². The lowest BCUT2D eigenvalue weighted by atomic mass is 10.2. The molecule has 1 N–H and O–H groups in total. The number of hydrogen-bond acceptors (Lipinski definition) is 2. The number of anilines is 1. The summed E-state index contributed by atoms with van der Waals surface area (Å²) < 4.78 is 13.8. The van der Waals surface area contributed by atoms with Crippen molar-refractivity contribution in [3.63, 3.8) is 0 Å². The Morgan fingerprint density at radius 1 is 1.62 bits per heavy atom. The molecule has 0 aliphatic heterocycles. The molecule has 1 atom stereocenters. The van der Waals surface area contributed by atoms with Crippen molar-refractivity contribution in [3.05, 3.63) is 28.5 Å². The third-order valence-electron chi connectivity index (χ3n) is 1.52. The van der Waals surface area contributed by atoms with Crippen LogP contribution in [-0.4, -0.2) is 6.04 Å². The molecule has 0 amide bonds. The zero-order chi connectivity index (χ0) is 9.84. The minimum absolute atomic E-state index is 0.330. The molecule has 1 unspecified atom stereocenters. The number of nitriles is 1. The standard InChI is InChI=1S/C9H8BrFN2/c1-6(5-12)13-9-7(10)3-2-4-8(9)11/h2-4,6,13H,1H3. The van der Waals surface area contributed by atoms with E-state index in [9.17, 15) is 4.39 Å². The molecule has 0 aliphatic rings. The second-order valence-corrected chi connectivity index (χ2v) is 3.45. The summed E-state index contributed by atoms with van der Waals surface area (Å²) in [4.78, 5) is 0. The largest absolute Gasteiger partial charge is 0.367 e. The number of para-hydroxylation sites is 1. The normalized spacial score (nSPS) is 11.8. The Hall–Kier alpha value is -1.08. The number of rotatable bonds is 2. The van der Waals surface area contributed by atoms with E-state index in [0.29, 0.717) is 10.2 Å². The van der Waals surface area contributed by atoms with Crippen LogP contribution in [0.15, 0.2) is 22.7 Å². The Morgan fingerprint density at radius 2 is 2.31 bits per heavy atom. The number of nitrogens with one attached hydrogen (secondary N) is 1. The molecule has 1 rings (SSSR count). The molecule has 1 aromatic rings. The van der Waals surface area contributed by atoms with Gasteiger partial charge in [0.25, 0.3) is 0 Å². The molecule has 0 aliphatic carbocycles. The smallest absolute Gasteiger partial charge is 0.147 e. The quantitative estimate of drug-likeness (QED) is 0.866. The van der Waals surface area contributed by atoms with E-state index < -0.39 is 6.04 Å². The number of benzene rings is 1. The first-order valence-corrected chi connectivity index (χ1v) is 4.54. The molecule has 1 aromatic carbocycles. The van der Waals surface area contributed by atoms with E-state index >= 15 is 0 Å². The van der Waals surface area contributed by atoms with Gasteiger partial charge in [-0.25, -0.2) is 4.39 Å². The molecule has 0 aromatic heterocycles. The molecule has 0 fully saturated rings. The Bertz CT molecular complexity index is 326. The van der Waals surface area contributed by atoms with E-state index in [4.69, 9.17) is 5.26 Å². The van der Waals surface area contributed by atoms with Crippen molar-refractivity contribution in [2.75, 3.05) is 5.32 Å². The maximum Gasteiger partial charge on any atom is 0.147 e. The Labute approximate surface area is 84.5 Å². The van der Waals surface area contributed by atoms with Crippen LogP contribution in [0, 0.1) is 17.1 Å². The van der Waals surface area contributed by atoms with Gasteiger partial charge >= 0.3 is 0 Å². The molecule has 0 heterocycles. The van der Waals surface area contributed by atoms with Crippen LogP contribution in [0.4, 0.5) is 10.1 Å². The molecular weight excluding hydrogens is 235 g/mol. The molecule has 0 bridgehead atoms. The van der Waals surface area contributed by atoms with Crippen LogP contribution in [-0.2, 0) is 0 Å². The zero-order valence-corrected chi connectivity index (χ0v) is 8.60. The monoisotopic (exact) mass is 242 g/mol. The van der Waals surface area contributed by atoms with Crippen molar-refractivity contribution in [3.8, 4) is 6.07 Å².